The highest BCUT2D eigenvalue weighted by Gasteiger charge is 2.18. The summed E-state index contributed by atoms with van der Waals surface area (Å²) >= 11 is 0. The minimum atomic E-state index is -0.545. The van der Waals surface area contributed by atoms with Crippen LogP contribution in [0.4, 0.5) is 4.39 Å². The van der Waals surface area contributed by atoms with E-state index in [1.54, 1.807) is 13.1 Å². The first-order valence-electron chi connectivity index (χ1n) is 6.46. The Morgan fingerprint density at radius 2 is 1.73 bits per heavy atom. The lowest BCUT2D eigenvalue weighted by atomic mass is 10.3. The summed E-state index contributed by atoms with van der Waals surface area (Å²) in [7, 11) is 4.49. The molecule has 8 heteroatoms. The zero-order valence-electron chi connectivity index (χ0n) is 12.2. The molecule has 3 rings (SSSR count). The molecule has 0 unspecified atom stereocenters. The molecule has 22 heavy (non-hydrogen) atoms. The van der Waals surface area contributed by atoms with Crippen molar-refractivity contribution in [3.63, 3.8) is 0 Å². The molecular formula is C14H13FN4O3. The van der Waals surface area contributed by atoms with Gasteiger partial charge in [-0.05, 0) is 12.1 Å². The zero-order valence-corrected chi connectivity index (χ0v) is 12.2. The second-order valence-corrected chi connectivity index (χ2v) is 4.86. The van der Waals surface area contributed by atoms with Gasteiger partial charge in [0.25, 0.3) is 5.56 Å². The third kappa shape index (κ3) is 1.92. The van der Waals surface area contributed by atoms with Crippen molar-refractivity contribution in [3.05, 3.63) is 50.9 Å². The number of rotatable bonds is 2. The molecule has 2 aromatic heterocycles. The molecule has 0 aliphatic heterocycles. The molecule has 0 radical (unpaired) electrons. The van der Waals surface area contributed by atoms with Gasteiger partial charge in [-0.2, -0.15) is 4.98 Å². The van der Waals surface area contributed by atoms with Gasteiger partial charge < -0.3 is 4.74 Å². The third-order valence-electron chi connectivity index (χ3n) is 3.46. The normalized spacial score (nSPS) is 11.1. The quantitative estimate of drug-likeness (QED) is 0.705. The van der Waals surface area contributed by atoms with Crippen LogP contribution in [0.5, 0.6) is 11.8 Å². The van der Waals surface area contributed by atoms with E-state index < -0.39 is 17.1 Å². The zero-order chi connectivity index (χ0) is 16.0. The molecule has 2 heterocycles. The molecule has 0 fully saturated rings. The van der Waals surface area contributed by atoms with Gasteiger partial charge in [0.15, 0.2) is 22.7 Å². The molecule has 0 aliphatic rings. The fourth-order valence-electron chi connectivity index (χ4n) is 2.28. The molecule has 3 aromatic rings. The monoisotopic (exact) mass is 304 g/mol. The first kappa shape index (κ1) is 14.1. The Labute approximate surface area is 123 Å². The van der Waals surface area contributed by atoms with Crippen molar-refractivity contribution in [3.8, 4) is 11.8 Å². The van der Waals surface area contributed by atoms with Crippen LogP contribution in [-0.2, 0) is 21.1 Å². The number of aryl methyl sites for hydroxylation is 2. The maximum Gasteiger partial charge on any atom is 0.332 e. The minimum absolute atomic E-state index is 0.0114. The van der Waals surface area contributed by atoms with Gasteiger partial charge in [-0.1, -0.05) is 12.1 Å². The Balaban J connectivity index is 2.26. The second kappa shape index (κ2) is 4.83. The van der Waals surface area contributed by atoms with E-state index in [0.29, 0.717) is 5.65 Å². The first-order valence-corrected chi connectivity index (χ1v) is 6.46. The van der Waals surface area contributed by atoms with Crippen molar-refractivity contribution in [2.24, 2.45) is 21.1 Å². The van der Waals surface area contributed by atoms with Crippen LogP contribution in [0, 0.1) is 5.82 Å². The number of aromatic nitrogens is 4. The SMILES string of the molecule is Cn1c(=O)c2nc(Oc3ccccc3F)n(C)c2n(C)c1=O. The molecule has 0 saturated heterocycles. The van der Waals surface area contributed by atoms with Crippen molar-refractivity contribution in [1.82, 2.24) is 18.7 Å². The predicted octanol–water partition coefficient (Wildman–Crippen LogP) is 0.902. The van der Waals surface area contributed by atoms with E-state index >= 15 is 0 Å². The van der Waals surface area contributed by atoms with Crippen LogP contribution in [0.1, 0.15) is 0 Å². The summed E-state index contributed by atoms with van der Waals surface area (Å²) in [5.41, 5.74) is -0.618. The topological polar surface area (TPSA) is 71.1 Å². The number of nitrogens with zero attached hydrogens (tertiary/aromatic N) is 4. The van der Waals surface area contributed by atoms with Crippen molar-refractivity contribution in [2.75, 3.05) is 0 Å². The largest absolute Gasteiger partial charge is 0.422 e. The van der Waals surface area contributed by atoms with E-state index in [1.807, 2.05) is 0 Å². The highest BCUT2D eigenvalue weighted by Crippen LogP contribution is 2.24. The maximum absolute atomic E-state index is 13.7. The maximum atomic E-state index is 13.7. The Morgan fingerprint density at radius 3 is 2.41 bits per heavy atom. The summed E-state index contributed by atoms with van der Waals surface area (Å²) in [5.74, 6) is -0.556. The van der Waals surface area contributed by atoms with Crippen LogP contribution < -0.4 is 16.0 Å². The smallest absolute Gasteiger partial charge is 0.332 e. The van der Waals surface area contributed by atoms with Crippen molar-refractivity contribution >= 4 is 11.2 Å². The lowest BCUT2D eigenvalue weighted by Gasteiger charge is -2.07. The van der Waals surface area contributed by atoms with Crippen LogP contribution in [0.25, 0.3) is 11.2 Å². The number of hydrogen-bond acceptors (Lipinski definition) is 4. The van der Waals surface area contributed by atoms with E-state index in [9.17, 15) is 14.0 Å². The molecule has 0 atom stereocenters. The summed E-state index contributed by atoms with van der Waals surface area (Å²) in [6, 6.07) is 5.89. The highest BCUT2D eigenvalue weighted by atomic mass is 19.1. The second-order valence-electron chi connectivity index (χ2n) is 4.86. The van der Waals surface area contributed by atoms with E-state index in [1.165, 1.54) is 41.4 Å². The van der Waals surface area contributed by atoms with Gasteiger partial charge >= 0.3 is 11.7 Å². The summed E-state index contributed by atoms with van der Waals surface area (Å²) in [5, 5.41) is 0. The molecule has 0 spiro atoms. The molecule has 0 N–H and O–H groups in total. The van der Waals surface area contributed by atoms with Crippen molar-refractivity contribution in [2.45, 2.75) is 0 Å². The molecule has 0 saturated carbocycles. The minimum Gasteiger partial charge on any atom is -0.422 e. The van der Waals surface area contributed by atoms with Gasteiger partial charge in [-0.3, -0.25) is 18.5 Å². The van der Waals surface area contributed by atoms with Crippen molar-refractivity contribution in [1.29, 1.82) is 0 Å². The van der Waals surface area contributed by atoms with Crippen LogP contribution in [0.2, 0.25) is 0 Å². The van der Waals surface area contributed by atoms with E-state index in [2.05, 4.69) is 4.98 Å². The van der Waals surface area contributed by atoms with Crippen LogP contribution >= 0.6 is 0 Å². The lowest BCUT2D eigenvalue weighted by Crippen LogP contribution is -2.37. The van der Waals surface area contributed by atoms with Gasteiger partial charge in [0.2, 0.25) is 0 Å². The van der Waals surface area contributed by atoms with E-state index in [4.69, 9.17) is 4.74 Å². The summed E-state index contributed by atoms with van der Waals surface area (Å²) in [6.07, 6.45) is 0. The fraction of sp³-hybridized carbons (Fsp3) is 0.214. The van der Waals surface area contributed by atoms with Gasteiger partial charge in [0.1, 0.15) is 0 Å². The number of hydrogen-bond donors (Lipinski definition) is 0. The fourth-order valence-corrected chi connectivity index (χ4v) is 2.28. The Kier molecular flexibility index (Phi) is 3.09. The molecule has 0 bridgehead atoms. The van der Waals surface area contributed by atoms with Gasteiger partial charge in [0, 0.05) is 21.1 Å². The van der Waals surface area contributed by atoms with Crippen LogP contribution in [0.3, 0.4) is 0 Å². The first-order chi connectivity index (χ1) is 10.4. The lowest BCUT2D eigenvalue weighted by molar-refractivity contribution is 0.399. The molecular weight excluding hydrogens is 291 g/mol. The van der Waals surface area contributed by atoms with E-state index in [0.717, 1.165) is 4.57 Å². The summed E-state index contributed by atoms with van der Waals surface area (Å²) < 4.78 is 22.8. The predicted molar refractivity (Wildman–Crippen MR) is 77.7 cm³/mol. The van der Waals surface area contributed by atoms with E-state index in [-0.39, 0.29) is 17.3 Å². The average Bonchev–Trinajstić information content (AvgIpc) is 2.82. The number of fused-ring (bicyclic) bond motifs is 1. The summed E-state index contributed by atoms with van der Waals surface area (Å²) in [6.45, 7) is 0. The standard InChI is InChI=1S/C14H13FN4O3/c1-17-11-10(12(20)19(3)14(21)18(11)2)16-13(17)22-9-7-5-4-6-8(9)15/h4-7H,1-3H3. The molecule has 114 valence electrons. The highest BCUT2D eigenvalue weighted by molar-refractivity contribution is 5.71. The summed E-state index contributed by atoms with van der Waals surface area (Å²) in [4.78, 5) is 28.2. The number of ether oxygens (including phenoxy) is 1. The van der Waals surface area contributed by atoms with Gasteiger partial charge in [-0.25, -0.2) is 9.18 Å². The molecule has 7 nitrogen and oxygen atoms in total. The number of para-hydroxylation sites is 1. The van der Waals surface area contributed by atoms with Crippen molar-refractivity contribution < 1.29 is 9.13 Å². The third-order valence-corrected chi connectivity index (χ3v) is 3.46. The Morgan fingerprint density at radius 1 is 1.05 bits per heavy atom. The van der Waals surface area contributed by atoms with Gasteiger partial charge in [-0.15, -0.1) is 0 Å². The van der Waals surface area contributed by atoms with Crippen LogP contribution in [0.15, 0.2) is 33.9 Å². The number of imidazole rings is 1. The number of benzene rings is 1. The Hall–Kier alpha value is -2.90. The van der Waals surface area contributed by atoms with Crippen LogP contribution in [-0.4, -0.2) is 18.7 Å². The average molecular weight is 304 g/mol. The Bertz CT molecular complexity index is 1000. The molecule has 0 amide bonds. The van der Waals surface area contributed by atoms with Gasteiger partial charge in [0.05, 0.1) is 0 Å². The molecule has 1 aromatic carbocycles. The number of halogens is 1. The molecule has 0 aliphatic carbocycles.